The minimum atomic E-state index is -0.287. The molecule has 2 rings (SSSR count). The van der Waals surface area contributed by atoms with Gasteiger partial charge in [-0.2, -0.15) is 0 Å². The van der Waals surface area contributed by atoms with Crippen molar-refractivity contribution < 1.29 is 4.79 Å². The topological polar surface area (TPSA) is 72.3 Å². The van der Waals surface area contributed by atoms with Crippen molar-refractivity contribution in [3.63, 3.8) is 0 Å². The fraction of sp³-hybridized carbons (Fsp3) is 0.417. The monoisotopic (exact) mass is 253 g/mol. The standard InChI is InChI=1S/C12H16ClN3O/c13-9-3-1-4-10(8(9)7-14)16-6-2-5-11(16)12(15)17/h1,3-4,11H,2,5-7,14H2,(H2,15,17). The lowest BCUT2D eigenvalue weighted by atomic mass is 10.1. The Bertz CT molecular complexity index is 436. The second kappa shape index (κ2) is 4.94. The van der Waals surface area contributed by atoms with Crippen LogP contribution in [0.2, 0.25) is 5.02 Å². The normalized spacial score (nSPS) is 19.6. The summed E-state index contributed by atoms with van der Waals surface area (Å²) >= 11 is 6.11. The molecule has 1 aliphatic rings. The predicted molar refractivity (Wildman–Crippen MR) is 68.9 cm³/mol. The van der Waals surface area contributed by atoms with Crippen molar-refractivity contribution in [2.45, 2.75) is 25.4 Å². The van der Waals surface area contributed by atoms with E-state index in [1.165, 1.54) is 0 Å². The summed E-state index contributed by atoms with van der Waals surface area (Å²) in [7, 11) is 0. The number of hydrogen-bond donors (Lipinski definition) is 2. The average molecular weight is 254 g/mol. The van der Waals surface area contributed by atoms with Gasteiger partial charge in [0.05, 0.1) is 0 Å². The van der Waals surface area contributed by atoms with E-state index in [0.717, 1.165) is 30.6 Å². The minimum Gasteiger partial charge on any atom is -0.368 e. The molecule has 1 saturated heterocycles. The fourth-order valence-corrected chi connectivity index (χ4v) is 2.62. The first kappa shape index (κ1) is 12.2. The Morgan fingerprint density at radius 2 is 2.29 bits per heavy atom. The summed E-state index contributed by atoms with van der Waals surface area (Å²) in [6.07, 6.45) is 1.76. The third kappa shape index (κ3) is 2.23. The van der Waals surface area contributed by atoms with E-state index in [9.17, 15) is 4.79 Å². The lowest BCUT2D eigenvalue weighted by Gasteiger charge is -2.27. The van der Waals surface area contributed by atoms with Gasteiger partial charge in [-0.15, -0.1) is 0 Å². The number of primary amides is 1. The SMILES string of the molecule is NCc1c(Cl)cccc1N1CCCC1C(N)=O. The van der Waals surface area contributed by atoms with Gasteiger partial charge in [0.2, 0.25) is 5.91 Å². The van der Waals surface area contributed by atoms with Gasteiger partial charge in [0.15, 0.2) is 0 Å². The van der Waals surface area contributed by atoms with Crippen LogP contribution in [0.1, 0.15) is 18.4 Å². The van der Waals surface area contributed by atoms with Crippen molar-refractivity contribution >= 4 is 23.2 Å². The van der Waals surface area contributed by atoms with Gasteiger partial charge in [-0.05, 0) is 25.0 Å². The molecular formula is C12H16ClN3O. The third-order valence-corrected chi connectivity index (χ3v) is 3.54. The van der Waals surface area contributed by atoms with Gasteiger partial charge in [-0.25, -0.2) is 0 Å². The van der Waals surface area contributed by atoms with E-state index >= 15 is 0 Å². The fourth-order valence-electron chi connectivity index (χ4n) is 2.37. The molecule has 0 spiro atoms. The van der Waals surface area contributed by atoms with Gasteiger partial charge < -0.3 is 16.4 Å². The highest BCUT2D eigenvalue weighted by molar-refractivity contribution is 6.31. The van der Waals surface area contributed by atoms with E-state index < -0.39 is 0 Å². The van der Waals surface area contributed by atoms with Crippen LogP contribution in [0.25, 0.3) is 0 Å². The summed E-state index contributed by atoms with van der Waals surface area (Å²) in [6.45, 7) is 1.18. The first-order valence-electron chi connectivity index (χ1n) is 5.68. The molecule has 92 valence electrons. The molecular weight excluding hydrogens is 238 g/mol. The minimum absolute atomic E-state index is 0.237. The number of benzene rings is 1. The Hall–Kier alpha value is -1.26. The Morgan fingerprint density at radius 1 is 1.53 bits per heavy atom. The number of carbonyl (C=O) groups excluding carboxylic acids is 1. The smallest absolute Gasteiger partial charge is 0.240 e. The quantitative estimate of drug-likeness (QED) is 0.852. The van der Waals surface area contributed by atoms with Crippen LogP contribution >= 0.6 is 11.6 Å². The first-order chi connectivity index (χ1) is 8.15. The van der Waals surface area contributed by atoms with Crippen LogP contribution < -0.4 is 16.4 Å². The lowest BCUT2D eigenvalue weighted by molar-refractivity contribution is -0.119. The van der Waals surface area contributed by atoms with E-state index in [1.807, 2.05) is 23.1 Å². The molecule has 1 heterocycles. The molecule has 5 heteroatoms. The zero-order valence-electron chi connectivity index (χ0n) is 9.53. The molecule has 4 nitrogen and oxygen atoms in total. The molecule has 1 aromatic rings. The molecule has 1 unspecified atom stereocenters. The van der Waals surface area contributed by atoms with E-state index in [0.29, 0.717) is 11.6 Å². The van der Waals surface area contributed by atoms with E-state index in [2.05, 4.69) is 0 Å². The molecule has 17 heavy (non-hydrogen) atoms. The highest BCUT2D eigenvalue weighted by atomic mass is 35.5. The molecule has 0 aliphatic carbocycles. The Kier molecular flexibility index (Phi) is 3.54. The highest BCUT2D eigenvalue weighted by Gasteiger charge is 2.30. The number of nitrogens with two attached hydrogens (primary N) is 2. The number of anilines is 1. The van der Waals surface area contributed by atoms with Crippen LogP contribution in [0.4, 0.5) is 5.69 Å². The molecule has 0 bridgehead atoms. The van der Waals surface area contributed by atoms with Crippen molar-refractivity contribution in [1.82, 2.24) is 0 Å². The summed E-state index contributed by atoms with van der Waals surface area (Å²) in [4.78, 5) is 13.4. The molecule has 0 saturated carbocycles. The Balaban J connectivity index is 2.39. The second-order valence-electron chi connectivity index (χ2n) is 4.20. The predicted octanol–water partition coefficient (Wildman–Crippen LogP) is 1.25. The Morgan fingerprint density at radius 3 is 2.94 bits per heavy atom. The first-order valence-corrected chi connectivity index (χ1v) is 6.06. The van der Waals surface area contributed by atoms with Crippen LogP contribution in [-0.4, -0.2) is 18.5 Å². The van der Waals surface area contributed by atoms with Crippen LogP contribution in [0.3, 0.4) is 0 Å². The van der Waals surface area contributed by atoms with Crippen LogP contribution in [-0.2, 0) is 11.3 Å². The van der Waals surface area contributed by atoms with Crippen molar-refractivity contribution in [1.29, 1.82) is 0 Å². The van der Waals surface area contributed by atoms with Crippen LogP contribution in [0, 0.1) is 0 Å². The molecule has 0 radical (unpaired) electrons. The van der Waals surface area contributed by atoms with E-state index in [1.54, 1.807) is 0 Å². The summed E-state index contributed by atoms with van der Waals surface area (Å²) in [5.41, 5.74) is 12.9. The molecule has 1 atom stereocenters. The summed E-state index contributed by atoms with van der Waals surface area (Å²) < 4.78 is 0. The van der Waals surface area contributed by atoms with Gasteiger partial charge in [0, 0.05) is 29.4 Å². The highest BCUT2D eigenvalue weighted by Crippen LogP contribution is 2.32. The van der Waals surface area contributed by atoms with Crippen molar-refractivity contribution in [3.8, 4) is 0 Å². The largest absolute Gasteiger partial charge is 0.368 e. The molecule has 1 amide bonds. The molecule has 1 fully saturated rings. The second-order valence-corrected chi connectivity index (χ2v) is 4.60. The number of nitrogens with zero attached hydrogens (tertiary/aromatic N) is 1. The zero-order chi connectivity index (χ0) is 12.4. The molecule has 4 N–H and O–H groups in total. The summed E-state index contributed by atoms with van der Waals surface area (Å²) in [5, 5.41) is 0.639. The van der Waals surface area contributed by atoms with Gasteiger partial charge in [-0.1, -0.05) is 17.7 Å². The Labute approximate surface area is 106 Å². The number of rotatable bonds is 3. The van der Waals surface area contributed by atoms with Gasteiger partial charge >= 0.3 is 0 Å². The van der Waals surface area contributed by atoms with E-state index in [-0.39, 0.29) is 11.9 Å². The maximum absolute atomic E-state index is 11.4. The van der Waals surface area contributed by atoms with Crippen LogP contribution in [0.5, 0.6) is 0 Å². The number of halogens is 1. The molecule has 1 aromatic carbocycles. The number of amides is 1. The summed E-state index contributed by atoms with van der Waals surface area (Å²) in [6, 6.07) is 5.38. The van der Waals surface area contributed by atoms with Crippen molar-refractivity contribution in [2.75, 3.05) is 11.4 Å². The average Bonchev–Trinajstić information content (AvgIpc) is 2.77. The maximum Gasteiger partial charge on any atom is 0.240 e. The van der Waals surface area contributed by atoms with Crippen molar-refractivity contribution in [2.24, 2.45) is 11.5 Å². The maximum atomic E-state index is 11.4. The van der Waals surface area contributed by atoms with E-state index in [4.69, 9.17) is 23.1 Å². The number of hydrogen-bond acceptors (Lipinski definition) is 3. The van der Waals surface area contributed by atoms with Gasteiger partial charge in [-0.3, -0.25) is 4.79 Å². The third-order valence-electron chi connectivity index (χ3n) is 3.19. The van der Waals surface area contributed by atoms with Crippen LogP contribution in [0.15, 0.2) is 18.2 Å². The summed E-state index contributed by atoms with van der Waals surface area (Å²) in [5.74, 6) is -0.287. The molecule has 0 aromatic heterocycles. The number of carbonyl (C=O) groups is 1. The molecule has 1 aliphatic heterocycles. The lowest BCUT2D eigenvalue weighted by Crippen LogP contribution is -2.40. The van der Waals surface area contributed by atoms with Gasteiger partial charge in [0.1, 0.15) is 6.04 Å². The zero-order valence-corrected chi connectivity index (χ0v) is 10.3. The van der Waals surface area contributed by atoms with Gasteiger partial charge in [0.25, 0.3) is 0 Å². The van der Waals surface area contributed by atoms with Crippen molar-refractivity contribution in [3.05, 3.63) is 28.8 Å².